The van der Waals surface area contributed by atoms with E-state index in [-0.39, 0.29) is 18.9 Å². The number of anilines is 1. The quantitative estimate of drug-likeness (QED) is 0.272. The van der Waals surface area contributed by atoms with Gasteiger partial charge in [-0.3, -0.25) is 9.59 Å². The molecule has 2 N–H and O–H groups in total. The first-order valence-electron chi connectivity index (χ1n) is 14.1. The van der Waals surface area contributed by atoms with E-state index in [0.717, 1.165) is 52.1 Å². The Kier molecular flexibility index (Phi) is 10.0. The second-order valence-electron chi connectivity index (χ2n) is 10.5. The second kappa shape index (κ2) is 13.8. The standard InChI is InChI=1S/C33H38N2O6/c1-22-9-4-15-30(24(22)3)40-18-8-16-31(36)35-17-7-13-28-27(12-6-14-29(28)35)26-11-5-10-25(20-26)21-41-33(39)34-23(2)19-32(37)38/h4-6,9-12,14-15,20,23H,7-8,13,16-19,21H2,1-3H3,(H,34,39)(H,37,38). The van der Waals surface area contributed by atoms with Gasteiger partial charge in [0.1, 0.15) is 12.4 Å². The maximum absolute atomic E-state index is 13.3. The Hall–Kier alpha value is -4.33. The van der Waals surface area contributed by atoms with Crippen molar-refractivity contribution in [3.05, 3.63) is 82.9 Å². The first kappa shape index (κ1) is 29.6. The van der Waals surface area contributed by atoms with Crippen molar-refractivity contribution in [1.82, 2.24) is 5.32 Å². The molecule has 0 aromatic heterocycles. The van der Waals surface area contributed by atoms with Crippen LogP contribution in [0.15, 0.2) is 60.7 Å². The van der Waals surface area contributed by atoms with Crippen molar-refractivity contribution in [3.8, 4) is 16.9 Å². The topological polar surface area (TPSA) is 105 Å². The Balaban J connectivity index is 1.39. The SMILES string of the molecule is Cc1cccc(OCCCC(=O)N2CCCc3c(-c4cccc(COC(=O)NC(C)CC(=O)O)c4)cccc32)c1C. The van der Waals surface area contributed by atoms with E-state index in [1.807, 2.05) is 60.4 Å². The lowest BCUT2D eigenvalue weighted by Gasteiger charge is -2.31. The van der Waals surface area contributed by atoms with Gasteiger partial charge in [0.25, 0.3) is 0 Å². The fourth-order valence-corrected chi connectivity index (χ4v) is 5.11. The molecule has 216 valence electrons. The number of aryl methyl sites for hydroxylation is 1. The van der Waals surface area contributed by atoms with E-state index in [1.165, 1.54) is 5.56 Å². The summed E-state index contributed by atoms with van der Waals surface area (Å²) in [5.41, 5.74) is 7.25. The summed E-state index contributed by atoms with van der Waals surface area (Å²) in [7, 11) is 0. The fraction of sp³-hybridized carbons (Fsp3) is 0.364. The van der Waals surface area contributed by atoms with Gasteiger partial charge in [0.05, 0.1) is 13.0 Å². The van der Waals surface area contributed by atoms with Crippen molar-refractivity contribution in [1.29, 1.82) is 0 Å². The minimum Gasteiger partial charge on any atom is -0.493 e. The van der Waals surface area contributed by atoms with Crippen molar-refractivity contribution in [3.63, 3.8) is 0 Å². The summed E-state index contributed by atoms with van der Waals surface area (Å²) in [5.74, 6) is -0.0245. The number of hydrogen-bond donors (Lipinski definition) is 2. The molecule has 8 nitrogen and oxygen atoms in total. The lowest BCUT2D eigenvalue weighted by Crippen LogP contribution is -2.35. The highest BCUT2D eigenvalue weighted by Gasteiger charge is 2.24. The molecule has 1 heterocycles. The number of aliphatic carboxylic acids is 1. The Morgan fingerprint density at radius 1 is 1.05 bits per heavy atom. The molecule has 8 heteroatoms. The molecule has 0 radical (unpaired) electrons. The summed E-state index contributed by atoms with van der Waals surface area (Å²) < 4.78 is 11.3. The maximum Gasteiger partial charge on any atom is 0.407 e. The molecule has 0 aliphatic carbocycles. The molecule has 0 bridgehead atoms. The normalized spacial score (nSPS) is 13.2. The van der Waals surface area contributed by atoms with Crippen LogP contribution in [0.4, 0.5) is 10.5 Å². The van der Waals surface area contributed by atoms with Crippen molar-refractivity contribution >= 4 is 23.7 Å². The van der Waals surface area contributed by atoms with E-state index in [0.29, 0.717) is 26.0 Å². The molecular weight excluding hydrogens is 520 g/mol. The molecule has 2 amide bonds. The lowest BCUT2D eigenvalue weighted by molar-refractivity contribution is -0.137. The summed E-state index contributed by atoms with van der Waals surface area (Å²) in [5, 5.41) is 11.4. The smallest absolute Gasteiger partial charge is 0.407 e. The number of fused-ring (bicyclic) bond motifs is 1. The van der Waals surface area contributed by atoms with Crippen LogP contribution in [0.1, 0.15) is 54.9 Å². The molecule has 4 rings (SSSR count). The largest absolute Gasteiger partial charge is 0.493 e. The predicted octanol–water partition coefficient (Wildman–Crippen LogP) is 6.20. The molecule has 41 heavy (non-hydrogen) atoms. The minimum atomic E-state index is -0.987. The third-order valence-corrected chi connectivity index (χ3v) is 7.35. The molecule has 1 aliphatic rings. The van der Waals surface area contributed by atoms with Gasteiger partial charge in [-0.15, -0.1) is 0 Å². The number of carboxylic acids is 1. The summed E-state index contributed by atoms with van der Waals surface area (Å²) in [4.78, 5) is 38.1. The Morgan fingerprint density at radius 2 is 1.83 bits per heavy atom. The van der Waals surface area contributed by atoms with Crippen LogP contribution in [0.3, 0.4) is 0 Å². The highest BCUT2D eigenvalue weighted by atomic mass is 16.5. The number of nitrogens with zero attached hydrogens (tertiary/aromatic N) is 1. The number of carbonyl (C=O) groups is 3. The summed E-state index contributed by atoms with van der Waals surface area (Å²) in [6, 6.07) is 19.3. The highest BCUT2D eigenvalue weighted by molar-refractivity contribution is 5.96. The van der Waals surface area contributed by atoms with Gasteiger partial charge < -0.3 is 24.8 Å². The van der Waals surface area contributed by atoms with Gasteiger partial charge in [-0.25, -0.2) is 4.79 Å². The predicted molar refractivity (Wildman–Crippen MR) is 158 cm³/mol. The molecule has 0 spiro atoms. The van der Waals surface area contributed by atoms with Gasteiger partial charge >= 0.3 is 12.1 Å². The summed E-state index contributed by atoms with van der Waals surface area (Å²) in [6.45, 7) is 6.96. The van der Waals surface area contributed by atoms with Crippen molar-refractivity contribution in [2.45, 2.75) is 65.5 Å². The highest BCUT2D eigenvalue weighted by Crippen LogP contribution is 2.36. The molecule has 3 aromatic carbocycles. The lowest BCUT2D eigenvalue weighted by atomic mass is 9.91. The molecular formula is C33H38N2O6. The van der Waals surface area contributed by atoms with Gasteiger partial charge in [0, 0.05) is 24.7 Å². The number of ether oxygens (including phenoxy) is 2. The van der Waals surface area contributed by atoms with Crippen molar-refractivity contribution in [2.24, 2.45) is 0 Å². The number of benzene rings is 3. The number of amides is 2. The van der Waals surface area contributed by atoms with Gasteiger partial charge in [-0.05, 0) is 91.6 Å². The zero-order valence-electron chi connectivity index (χ0n) is 23.9. The number of carbonyl (C=O) groups excluding carboxylic acids is 2. The average Bonchev–Trinajstić information content (AvgIpc) is 2.95. The van der Waals surface area contributed by atoms with Crippen LogP contribution < -0.4 is 15.0 Å². The molecule has 1 aliphatic heterocycles. The summed E-state index contributed by atoms with van der Waals surface area (Å²) in [6.07, 6.45) is 1.97. The average molecular weight is 559 g/mol. The third-order valence-electron chi connectivity index (χ3n) is 7.35. The van der Waals surface area contributed by atoms with E-state index in [2.05, 4.69) is 24.4 Å². The maximum atomic E-state index is 13.3. The Morgan fingerprint density at radius 3 is 2.63 bits per heavy atom. The third kappa shape index (κ3) is 7.87. The van der Waals surface area contributed by atoms with Gasteiger partial charge in [0.15, 0.2) is 0 Å². The molecule has 0 fully saturated rings. The van der Waals surface area contributed by atoms with Crippen LogP contribution in [-0.2, 0) is 27.4 Å². The van der Waals surface area contributed by atoms with Gasteiger partial charge in [-0.1, -0.05) is 42.5 Å². The van der Waals surface area contributed by atoms with Crippen LogP contribution >= 0.6 is 0 Å². The molecule has 0 saturated carbocycles. The molecule has 1 unspecified atom stereocenters. The van der Waals surface area contributed by atoms with Crippen LogP contribution in [0.5, 0.6) is 5.75 Å². The van der Waals surface area contributed by atoms with Crippen molar-refractivity contribution < 1.29 is 29.0 Å². The Labute approximate surface area is 241 Å². The van der Waals surface area contributed by atoms with Gasteiger partial charge in [-0.2, -0.15) is 0 Å². The van der Waals surface area contributed by atoms with E-state index in [4.69, 9.17) is 14.6 Å². The number of rotatable bonds is 11. The van der Waals surface area contributed by atoms with E-state index in [9.17, 15) is 14.4 Å². The number of alkyl carbamates (subject to hydrolysis) is 1. The zero-order chi connectivity index (χ0) is 29.4. The van der Waals surface area contributed by atoms with Crippen LogP contribution in [0.25, 0.3) is 11.1 Å². The van der Waals surface area contributed by atoms with Crippen LogP contribution in [-0.4, -0.2) is 42.3 Å². The first-order valence-corrected chi connectivity index (χ1v) is 14.1. The number of carboxylic acid groups (broad SMARTS) is 1. The fourth-order valence-electron chi connectivity index (χ4n) is 5.11. The molecule has 3 aromatic rings. The zero-order valence-corrected chi connectivity index (χ0v) is 23.9. The number of nitrogens with one attached hydrogen (secondary N) is 1. The number of hydrogen-bond acceptors (Lipinski definition) is 5. The summed E-state index contributed by atoms with van der Waals surface area (Å²) >= 11 is 0. The Bertz CT molecular complexity index is 1400. The van der Waals surface area contributed by atoms with Crippen LogP contribution in [0, 0.1) is 13.8 Å². The van der Waals surface area contributed by atoms with Crippen molar-refractivity contribution in [2.75, 3.05) is 18.1 Å². The van der Waals surface area contributed by atoms with Gasteiger partial charge in [0.2, 0.25) is 5.91 Å². The molecule has 1 atom stereocenters. The first-order chi connectivity index (χ1) is 19.7. The van der Waals surface area contributed by atoms with E-state index >= 15 is 0 Å². The minimum absolute atomic E-state index is 0.0588. The second-order valence-corrected chi connectivity index (χ2v) is 10.5. The van der Waals surface area contributed by atoms with E-state index < -0.39 is 18.1 Å². The van der Waals surface area contributed by atoms with Crippen LogP contribution in [0.2, 0.25) is 0 Å². The molecule has 0 saturated heterocycles. The van der Waals surface area contributed by atoms with E-state index in [1.54, 1.807) is 6.92 Å². The monoisotopic (exact) mass is 558 g/mol.